The number of carbonyl (C=O) groups is 2. The maximum absolute atomic E-state index is 12.9. The Morgan fingerprint density at radius 2 is 1.34 bits per heavy atom. The van der Waals surface area contributed by atoms with E-state index in [2.05, 4.69) is 5.10 Å². The molecule has 0 aromatic heterocycles. The molecule has 0 unspecified atom stereocenters. The number of hydrogen-bond donors (Lipinski definition) is 0. The van der Waals surface area contributed by atoms with Gasteiger partial charge in [-0.2, -0.15) is 10.1 Å². The Morgan fingerprint density at radius 3 is 1.90 bits per heavy atom. The summed E-state index contributed by atoms with van der Waals surface area (Å²) in [4.78, 5) is 25.9. The molecule has 0 atom stereocenters. The number of amides is 2. The van der Waals surface area contributed by atoms with Crippen LogP contribution in [0.3, 0.4) is 0 Å². The van der Waals surface area contributed by atoms with Gasteiger partial charge in [0.05, 0.1) is 38.7 Å². The van der Waals surface area contributed by atoms with Gasteiger partial charge < -0.3 is 14.2 Å². The fourth-order valence-corrected chi connectivity index (χ4v) is 3.40. The van der Waals surface area contributed by atoms with Gasteiger partial charge in [-0.1, -0.05) is 24.3 Å². The fraction of sp³-hybridized carbons (Fsp3) is 0.136. The first-order chi connectivity index (χ1) is 14.1. The van der Waals surface area contributed by atoms with Gasteiger partial charge in [0.1, 0.15) is 5.75 Å². The van der Waals surface area contributed by atoms with Crippen LogP contribution in [-0.4, -0.2) is 44.4 Å². The van der Waals surface area contributed by atoms with Crippen LogP contribution in [0.2, 0.25) is 0 Å². The van der Waals surface area contributed by atoms with Crippen LogP contribution in [0.5, 0.6) is 17.2 Å². The largest absolute Gasteiger partial charge is 0.496 e. The first-order valence-electron chi connectivity index (χ1n) is 8.83. The molecule has 0 saturated carbocycles. The molecule has 0 radical (unpaired) electrons. The number of methoxy groups -OCH3 is 3. The van der Waals surface area contributed by atoms with Gasteiger partial charge in [-0.05, 0) is 23.6 Å². The summed E-state index contributed by atoms with van der Waals surface area (Å²) in [5.74, 6) is 0.476. The minimum atomic E-state index is -0.477. The molecule has 2 amide bonds. The Labute approximate surface area is 167 Å². The Kier molecular flexibility index (Phi) is 4.64. The van der Waals surface area contributed by atoms with E-state index in [1.165, 1.54) is 27.5 Å². The molecule has 7 nitrogen and oxygen atoms in total. The summed E-state index contributed by atoms with van der Waals surface area (Å²) in [6.07, 6.45) is 1.39. The molecule has 0 aliphatic carbocycles. The molecule has 1 aliphatic rings. The molecular formula is C22H18N2O5. The van der Waals surface area contributed by atoms with Crippen molar-refractivity contribution >= 4 is 28.8 Å². The van der Waals surface area contributed by atoms with Gasteiger partial charge in [-0.25, -0.2) is 0 Å². The summed E-state index contributed by atoms with van der Waals surface area (Å²) in [7, 11) is 4.54. The standard InChI is InChI=1S/C22H18N2O5/c1-27-17-11-19(29-3)18(28-2)10-14(17)12-23-24-21(25)15-8-4-6-13-7-5-9-16(20(13)15)22(24)26/h4-12H,1-3H3. The number of imide groups is 1. The quantitative estimate of drug-likeness (QED) is 0.492. The van der Waals surface area contributed by atoms with Crippen LogP contribution >= 0.6 is 0 Å². The zero-order valence-electron chi connectivity index (χ0n) is 16.1. The first kappa shape index (κ1) is 18.5. The van der Waals surface area contributed by atoms with Gasteiger partial charge in [-0.3, -0.25) is 9.59 Å². The lowest BCUT2D eigenvalue weighted by molar-refractivity contribution is 0.0616. The maximum atomic E-state index is 12.9. The average molecular weight is 390 g/mol. The SMILES string of the molecule is COc1cc(OC)c(OC)cc1C=NN1C(=O)c2cccc3cccc(c23)C1=O. The van der Waals surface area contributed by atoms with Crippen molar-refractivity contribution in [2.45, 2.75) is 0 Å². The second-order valence-electron chi connectivity index (χ2n) is 6.33. The summed E-state index contributed by atoms with van der Waals surface area (Å²) >= 11 is 0. The van der Waals surface area contributed by atoms with E-state index < -0.39 is 11.8 Å². The summed E-state index contributed by atoms with van der Waals surface area (Å²) in [5, 5.41) is 6.53. The lowest BCUT2D eigenvalue weighted by atomic mass is 9.95. The molecule has 1 heterocycles. The van der Waals surface area contributed by atoms with Crippen LogP contribution in [0.1, 0.15) is 26.3 Å². The summed E-state index contributed by atoms with van der Waals surface area (Å²) in [5.41, 5.74) is 1.41. The van der Waals surface area contributed by atoms with Crippen LogP contribution in [0.25, 0.3) is 10.8 Å². The van der Waals surface area contributed by atoms with E-state index in [0.717, 1.165) is 10.4 Å². The van der Waals surface area contributed by atoms with Gasteiger partial charge in [-0.15, -0.1) is 0 Å². The molecule has 4 rings (SSSR count). The van der Waals surface area contributed by atoms with Crippen LogP contribution in [0.4, 0.5) is 0 Å². The summed E-state index contributed by atoms with van der Waals surface area (Å²) in [6.45, 7) is 0. The van der Waals surface area contributed by atoms with E-state index in [1.807, 2.05) is 12.1 Å². The average Bonchev–Trinajstić information content (AvgIpc) is 2.76. The number of ether oxygens (including phenoxy) is 3. The lowest BCUT2D eigenvalue weighted by Crippen LogP contribution is -2.36. The fourth-order valence-electron chi connectivity index (χ4n) is 3.40. The van der Waals surface area contributed by atoms with Crippen LogP contribution in [0.15, 0.2) is 53.6 Å². The predicted octanol–water partition coefficient (Wildman–Crippen LogP) is 3.50. The third-order valence-corrected chi connectivity index (χ3v) is 4.80. The van der Waals surface area contributed by atoms with Crippen molar-refractivity contribution in [2.24, 2.45) is 5.10 Å². The predicted molar refractivity (Wildman–Crippen MR) is 108 cm³/mol. The van der Waals surface area contributed by atoms with Gasteiger partial charge in [0.15, 0.2) is 11.5 Å². The molecule has 0 fully saturated rings. The van der Waals surface area contributed by atoms with Crippen molar-refractivity contribution in [3.8, 4) is 17.2 Å². The van der Waals surface area contributed by atoms with E-state index in [4.69, 9.17) is 14.2 Å². The van der Waals surface area contributed by atoms with Crippen molar-refractivity contribution in [1.29, 1.82) is 0 Å². The first-order valence-corrected chi connectivity index (χ1v) is 8.83. The van der Waals surface area contributed by atoms with Crippen molar-refractivity contribution in [3.05, 3.63) is 65.2 Å². The molecular weight excluding hydrogens is 372 g/mol. The number of hydrazone groups is 1. The Bertz CT molecular complexity index is 1120. The van der Waals surface area contributed by atoms with E-state index in [-0.39, 0.29) is 0 Å². The highest BCUT2D eigenvalue weighted by Crippen LogP contribution is 2.34. The van der Waals surface area contributed by atoms with E-state index in [0.29, 0.717) is 39.3 Å². The smallest absolute Gasteiger partial charge is 0.282 e. The van der Waals surface area contributed by atoms with E-state index in [1.54, 1.807) is 36.4 Å². The molecule has 3 aromatic rings. The summed E-state index contributed by atoms with van der Waals surface area (Å²) in [6, 6.07) is 14.0. The normalized spacial score (nSPS) is 13.3. The van der Waals surface area contributed by atoms with Gasteiger partial charge in [0, 0.05) is 17.0 Å². The van der Waals surface area contributed by atoms with Crippen molar-refractivity contribution in [3.63, 3.8) is 0 Å². The summed E-state index contributed by atoms with van der Waals surface area (Å²) < 4.78 is 15.9. The van der Waals surface area contributed by atoms with E-state index in [9.17, 15) is 9.59 Å². The molecule has 7 heteroatoms. The van der Waals surface area contributed by atoms with Crippen molar-refractivity contribution in [2.75, 3.05) is 21.3 Å². The highest BCUT2D eigenvalue weighted by Gasteiger charge is 2.32. The van der Waals surface area contributed by atoms with Crippen LogP contribution in [0, 0.1) is 0 Å². The van der Waals surface area contributed by atoms with Crippen molar-refractivity contribution < 1.29 is 23.8 Å². The highest BCUT2D eigenvalue weighted by atomic mass is 16.5. The Balaban J connectivity index is 1.77. The molecule has 0 bridgehead atoms. The second kappa shape index (κ2) is 7.27. The molecule has 29 heavy (non-hydrogen) atoms. The molecule has 3 aromatic carbocycles. The van der Waals surface area contributed by atoms with Gasteiger partial charge in [0.25, 0.3) is 11.8 Å². The zero-order chi connectivity index (χ0) is 20.5. The number of nitrogens with zero attached hydrogens (tertiary/aromatic N) is 2. The monoisotopic (exact) mass is 390 g/mol. The Hall–Kier alpha value is -3.87. The topological polar surface area (TPSA) is 77.4 Å². The third kappa shape index (κ3) is 2.97. The molecule has 0 N–H and O–H groups in total. The highest BCUT2D eigenvalue weighted by molar-refractivity contribution is 6.25. The number of hydrogen-bond acceptors (Lipinski definition) is 6. The number of rotatable bonds is 5. The second-order valence-corrected chi connectivity index (χ2v) is 6.33. The maximum Gasteiger partial charge on any atom is 0.282 e. The lowest BCUT2D eigenvalue weighted by Gasteiger charge is -2.23. The molecule has 0 saturated heterocycles. The van der Waals surface area contributed by atoms with Crippen LogP contribution < -0.4 is 14.2 Å². The Morgan fingerprint density at radius 1 is 0.793 bits per heavy atom. The minimum absolute atomic E-state index is 0.439. The molecule has 1 aliphatic heterocycles. The number of benzene rings is 3. The zero-order valence-corrected chi connectivity index (χ0v) is 16.1. The minimum Gasteiger partial charge on any atom is -0.496 e. The third-order valence-electron chi connectivity index (χ3n) is 4.80. The molecule has 146 valence electrons. The molecule has 0 spiro atoms. The van der Waals surface area contributed by atoms with Crippen molar-refractivity contribution in [1.82, 2.24) is 5.01 Å². The van der Waals surface area contributed by atoms with Gasteiger partial charge in [0.2, 0.25) is 0 Å². The van der Waals surface area contributed by atoms with E-state index >= 15 is 0 Å². The van der Waals surface area contributed by atoms with Crippen LogP contribution in [-0.2, 0) is 0 Å². The van der Waals surface area contributed by atoms with Gasteiger partial charge >= 0.3 is 0 Å². The number of carbonyl (C=O) groups excluding carboxylic acids is 2.